The van der Waals surface area contributed by atoms with Gasteiger partial charge in [-0.25, -0.2) is 4.79 Å². The molecule has 0 heterocycles. The quantitative estimate of drug-likeness (QED) is 0.611. The fourth-order valence-corrected chi connectivity index (χ4v) is 2.02. The van der Waals surface area contributed by atoms with E-state index in [1.807, 2.05) is 0 Å². The second kappa shape index (κ2) is 2.92. The second-order valence-corrected chi connectivity index (χ2v) is 4.15. The molecule has 0 aromatic rings. The molecule has 1 N–H and O–H groups in total. The molecule has 0 bridgehead atoms. The van der Waals surface area contributed by atoms with Gasteiger partial charge in [-0.2, -0.15) is 0 Å². The normalized spacial score (nSPS) is 25.6. The highest BCUT2D eigenvalue weighted by Gasteiger charge is 2.31. The lowest BCUT2D eigenvalue weighted by Gasteiger charge is -2.20. The molecule has 0 unspecified atom stereocenters. The van der Waals surface area contributed by atoms with Crippen LogP contribution in [-0.2, 0) is 4.79 Å². The third-order valence-electron chi connectivity index (χ3n) is 2.82. The van der Waals surface area contributed by atoms with E-state index in [0.29, 0.717) is 5.57 Å². The van der Waals surface area contributed by atoms with Gasteiger partial charge in [-0.15, -0.1) is 0 Å². The Kier molecular flexibility index (Phi) is 2.27. The van der Waals surface area contributed by atoms with Crippen LogP contribution in [0.4, 0.5) is 0 Å². The van der Waals surface area contributed by atoms with Crippen LogP contribution in [0.5, 0.6) is 0 Å². The third-order valence-corrected chi connectivity index (χ3v) is 2.82. The molecule has 0 aliphatic heterocycles. The third kappa shape index (κ3) is 1.52. The average molecular weight is 168 g/mol. The van der Waals surface area contributed by atoms with Gasteiger partial charge >= 0.3 is 5.97 Å². The van der Waals surface area contributed by atoms with Crippen molar-refractivity contribution >= 4 is 5.97 Å². The van der Waals surface area contributed by atoms with E-state index < -0.39 is 5.97 Å². The predicted octanol–water partition coefficient (Wildman–Crippen LogP) is 2.60. The lowest BCUT2D eigenvalue weighted by molar-refractivity contribution is -0.132. The summed E-state index contributed by atoms with van der Waals surface area (Å²) in [6.07, 6.45) is 3.21. The van der Waals surface area contributed by atoms with Gasteiger partial charge in [-0.1, -0.05) is 19.4 Å². The molecule has 1 aliphatic carbocycles. The summed E-state index contributed by atoms with van der Waals surface area (Å²) in [4.78, 5) is 10.7. The number of rotatable bonds is 1. The van der Waals surface area contributed by atoms with Crippen molar-refractivity contribution in [3.63, 3.8) is 0 Å². The lowest BCUT2D eigenvalue weighted by Crippen LogP contribution is -2.12. The Labute approximate surface area is 73.3 Å². The van der Waals surface area contributed by atoms with Crippen LogP contribution < -0.4 is 0 Å². The summed E-state index contributed by atoms with van der Waals surface area (Å²) in [7, 11) is 0. The minimum Gasteiger partial charge on any atom is -0.478 e. The number of allylic oxidation sites excluding steroid dienone is 1. The Bertz CT molecular complexity index is 236. The molecule has 12 heavy (non-hydrogen) atoms. The molecule has 1 saturated carbocycles. The second-order valence-electron chi connectivity index (χ2n) is 4.15. The molecule has 1 fully saturated rings. The van der Waals surface area contributed by atoms with Gasteiger partial charge in [-0.3, -0.25) is 0 Å². The molecule has 0 atom stereocenters. The van der Waals surface area contributed by atoms with Crippen molar-refractivity contribution in [2.24, 2.45) is 5.41 Å². The molecular weight excluding hydrogens is 152 g/mol. The Morgan fingerprint density at radius 3 is 2.42 bits per heavy atom. The van der Waals surface area contributed by atoms with Crippen LogP contribution in [0, 0.1) is 5.41 Å². The minimum absolute atomic E-state index is 0.114. The van der Waals surface area contributed by atoms with Crippen molar-refractivity contribution in [3.8, 4) is 0 Å². The van der Waals surface area contributed by atoms with Gasteiger partial charge in [0.25, 0.3) is 0 Å². The number of carboxylic acid groups (broad SMARTS) is 1. The highest BCUT2D eigenvalue weighted by molar-refractivity contribution is 5.87. The van der Waals surface area contributed by atoms with E-state index in [2.05, 4.69) is 13.8 Å². The maximum Gasteiger partial charge on any atom is 0.331 e. The minimum atomic E-state index is -0.764. The van der Waals surface area contributed by atoms with Gasteiger partial charge in [0, 0.05) is 5.57 Å². The molecule has 1 rings (SSSR count). The zero-order chi connectivity index (χ0) is 9.35. The number of hydrogen-bond acceptors (Lipinski definition) is 1. The van der Waals surface area contributed by atoms with E-state index >= 15 is 0 Å². The smallest absolute Gasteiger partial charge is 0.331 e. The van der Waals surface area contributed by atoms with Crippen molar-refractivity contribution < 1.29 is 9.90 Å². The maximum absolute atomic E-state index is 10.7. The Hall–Kier alpha value is -0.790. The van der Waals surface area contributed by atoms with Crippen LogP contribution in [0.2, 0.25) is 0 Å². The van der Waals surface area contributed by atoms with Crippen molar-refractivity contribution in [3.05, 3.63) is 11.1 Å². The first-order chi connectivity index (χ1) is 5.45. The first kappa shape index (κ1) is 9.30. The summed E-state index contributed by atoms with van der Waals surface area (Å²) in [5.74, 6) is -0.764. The zero-order valence-corrected chi connectivity index (χ0v) is 7.98. The summed E-state index contributed by atoms with van der Waals surface area (Å²) in [5.41, 5.74) is 1.80. The van der Waals surface area contributed by atoms with Crippen molar-refractivity contribution in [2.45, 2.75) is 40.0 Å². The van der Waals surface area contributed by atoms with Crippen LogP contribution >= 0.6 is 0 Å². The summed E-state index contributed by atoms with van der Waals surface area (Å²) < 4.78 is 0. The molecule has 1 aliphatic rings. The molecule has 0 spiro atoms. The average Bonchev–Trinajstić information content (AvgIpc) is 2.27. The van der Waals surface area contributed by atoms with Gasteiger partial charge in [0.15, 0.2) is 0 Å². The van der Waals surface area contributed by atoms with E-state index in [4.69, 9.17) is 5.11 Å². The zero-order valence-electron chi connectivity index (χ0n) is 7.98. The van der Waals surface area contributed by atoms with E-state index in [0.717, 1.165) is 24.8 Å². The molecule has 2 nitrogen and oxygen atoms in total. The monoisotopic (exact) mass is 168 g/mol. The van der Waals surface area contributed by atoms with E-state index in [-0.39, 0.29) is 5.41 Å². The SMILES string of the molecule is CC(C(=O)O)=C1CCCC1(C)C. The summed E-state index contributed by atoms with van der Waals surface area (Å²) in [5, 5.41) is 8.82. The molecule has 2 heteroatoms. The van der Waals surface area contributed by atoms with Crippen LogP contribution in [0.15, 0.2) is 11.1 Å². The van der Waals surface area contributed by atoms with Crippen molar-refractivity contribution in [1.82, 2.24) is 0 Å². The summed E-state index contributed by atoms with van der Waals surface area (Å²) >= 11 is 0. The van der Waals surface area contributed by atoms with Gasteiger partial charge < -0.3 is 5.11 Å². The van der Waals surface area contributed by atoms with Crippen molar-refractivity contribution in [2.75, 3.05) is 0 Å². The maximum atomic E-state index is 10.7. The van der Waals surface area contributed by atoms with E-state index in [1.54, 1.807) is 6.92 Å². The molecule has 0 saturated heterocycles. The van der Waals surface area contributed by atoms with Crippen LogP contribution in [0.3, 0.4) is 0 Å². The largest absolute Gasteiger partial charge is 0.478 e. The number of aliphatic carboxylic acids is 1. The van der Waals surface area contributed by atoms with Crippen molar-refractivity contribution in [1.29, 1.82) is 0 Å². The Balaban J connectivity index is 3.01. The molecule has 0 aromatic carbocycles. The molecule has 0 radical (unpaired) electrons. The van der Waals surface area contributed by atoms with Crippen LogP contribution in [0.25, 0.3) is 0 Å². The number of carbonyl (C=O) groups is 1. The Morgan fingerprint density at radius 1 is 1.50 bits per heavy atom. The number of carboxylic acids is 1. The Morgan fingerprint density at radius 2 is 2.08 bits per heavy atom. The van der Waals surface area contributed by atoms with Gasteiger partial charge in [-0.05, 0) is 31.6 Å². The molecular formula is C10H16O2. The fraction of sp³-hybridized carbons (Fsp3) is 0.700. The van der Waals surface area contributed by atoms with Crippen LogP contribution in [0.1, 0.15) is 40.0 Å². The molecule has 68 valence electrons. The highest BCUT2D eigenvalue weighted by atomic mass is 16.4. The standard InChI is InChI=1S/C10H16O2/c1-7(9(11)12)8-5-4-6-10(8,2)3/h4-6H2,1-3H3,(H,11,12). The highest BCUT2D eigenvalue weighted by Crippen LogP contribution is 2.43. The number of hydrogen-bond donors (Lipinski definition) is 1. The van der Waals surface area contributed by atoms with Crippen LogP contribution in [-0.4, -0.2) is 11.1 Å². The summed E-state index contributed by atoms with van der Waals surface area (Å²) in [6, 6.07) is 0. The van der Waals surface area contributed by atoms with Gasteiger partial charge in [0.2, 0.25) is 0 Å². The summed E-state index contributed by atoms with van der Waals surface area (Å²) in [6.45, 7) is 5.97. The molecule has 0 aromatic heterocycles. The molecule has 0 amide bonds. The van der Waals surface area contributed by atoms with E-state index in [1.165, 1.54) is 0 Å². The fourth-order valence-electron chi connectivity index (χ4n) is 2.02. The lowest BCUT2D eigenvalue weighted by atomic mass is 9.84. The topological polar surface area (TPSA) is 37.3 Å². The van der Waals surface area contributed by atoms with E-state index in [9.17, 15) is 4.79 Å². The first-order valence-corrected chi connectivity index (χ1v) is 4.38. The van der Waals surface area contributed by atoms with Gasteiger partial charge in [0.1, 0.15) is 0 Å². The predicted molar refractivity (Wildman–Crippen MR) is 48.0 cm³/mol. The first-order valence-electron chi connectivity index (χ1n) is 4.38. The van der Waals surface area contributed by atoms with Gasteiger partial charge in [0.05, 0.1) is 0 Å².